The second-order valence-corrected chi connectivity index (χ2v) is 23.6. The summed E-state index contributed by atoms with van der Waals surface area (Å²) >= 11 is 0. The molecule has 0 aromatic rings. The highest BCUT2D eigenvalue weighted by Gasteiger charge is 2.78. The average Bonchev–Trinajstić information content (AvgIpc) is 3.07. The maximum absolute atomic E-state index is 15.1. The Balaban J connectivity index is 2.33. The molecule has 0 aromatic carbocycles. The molecule has 0 radical (unpaired) electrons. The molecule has 0 saturated carbocycles. The number of aliphatic carboxylic acids is 4. The highest BCUT2D eigenvalue weighted by atomic mass is 16.5. The van der Waals surface area contributed by atoms with Crippen LogP contribution in [0.2, 0.25) is 0 Å². The molecule has 0 bridgehead atoms. The Kier molecular flexibility index (Phi) is 12.6. The molecule has 4 aliphatic heterocycles. The minimum Gasteiger partial charge on any atom is -0.481 e. The van der Waals surface area contributed by atoms with Gasteiger partial charge in [0.05, 0.1) is 22.7 Å². The fourth-order valence-electron chi connectivity index (χ4n) is 14.3. The van der Waals surface area contributed by atoms with Crippen molar-refractivity contribution in [1.29, 1.82) is 0 Å². The number of hydroxylamine groups is 8. The number of carbonyl (C=O) groups is 4. The zero-order chi connectivity index (χ0) is 46.7. The van der Waals surface area contributed by atoms with Crippen LogP contribution in [0.15, 0.2) is 0 Å². The van der Waals surface area contributed by atoms with Crippen LogP contribution in [-0.4, -0.2) is 130 Å². The van der Waals surface area contributed by atoms with Crippen molar-refractivity contribution >= 4 is 23.9 Å². The van der Waals surface area contributed by atoms with Crippen LogP contribution in [0.25, 0.3) is 0 Å². The van der Waals surface area contributed by atoms with Crippen LogP contribution in [0.3, 0.4) is 0 Å². The van der Waals surface area contributed by atoms with E-state index < -0.39 is 115 Å². The molecular formula is C44H78N4O12. The van der Waals surface area contributed by atoms with Gasteiger partial charge in [0.1, 0.15) is 0 Å². The molecule has 16 heteroatoms. The lowest BCUT2D eigenvalue weighted by Gasteiger charge is -2.67. The van der Waals surface area contributed by atoms with E-state index in [9.17, 15) is 50.8 Å². The van der Waals surface area contributed by atoms with Gasteiger partial charge in [-0.15, -0.1) is 0 Å². The summed E-state index contributed by atoms with van der Waals surface area (Å²) in [5.41, 5.74) is -15.3. The molecule has 4 aliphatic rings. The van der Waals surface area contributed by atoms with Crippen molar-refractivity contribution < 1.29 is 60.4 Å². The molecular weight excluding hydrogens is 776 g/mol. The van der Waals surface area contributed by atoms with E-state index in [0.717, 1.165) is 20.3 Å². The summed E-state index contributed by atoms with van der Waals surface area (Å²) in [6.45, 7) is 26.9. The second-order valence-electron chi connectivity index (χ2n) is 23.6. The van der Waals surface area contributed by atoms with Gasteiger partial charge in [-0.2, -0.15) is 20.3 Å². The Morgan fingerprint density at radius 2 is 0.567 bits per heavy atom. The first kappa shape index (κ1) is 50.2. The number of carboxylic acid groups (broad SMARTS) is 4. The molecule has 4 fully saturated rings. The molecule has 6 unspecified atom stereocenters. The lowest BCUT2D eigenvalue weighted by atomic mass is 9.40. The van der Waals surface area contributed by atoms with E-state index in [-0.39, 0.29) is 51.4 Å². The highest BCUT2D eigenvalue weighted by Crippen LogP contribution is 2.68. The zero-order valence-corrected chi connectivity index (χ0v) is 39.1. The van der Waals surface area contributed by atoms with E-state index in [4.69, 9.17) is 0 Å². The summed E-state index contributed by atoms with van der Waals surface area (Å²) in [4.78, 5) is 59.8. The van der Waals surface area contributed by atoms with E-state index in [1.165, 1.54) is 0 Å². The van der Waals surface area contributed by atoms with Gasteiger partial charge in [-0.3, -0.25) is 19.2 Å². The molecule has 0 amide bonds. The predicted molar refractivity (Wildman–Crippen MR) is 220 cm³/mol. The number of carboxylic acids is 4. The Hall–Kier alpha value is -2.44. The second kappa shape index (κ2) is 15.1. The molecule has 0 spiro atoms. The molecule has 4 saturated heterocycles. The van der Waals surface area contributed by atoms with Crippen LogP contribution in [-0.2, 0) is 19.2 Å². The smallest absolute Gasteiger partial charge is 0.311 e. The Morgan fingerprint density at radius 1 is 0.400 bits per heavy atom. The average molecular weight is 855 g/mol. The molecule has 16 nitrogen and oxygen atoms in total. The largest absolute Gasteiger partial charge is 0.481 e. The van der Waals surface area contributed by atoms with Crippen LogP contribution in [0.1, 0.15) is 162 Å². The number of rotatable bonds is 11. The molecule has 346 valence electrons. The Morgan fingerprint density at radius 3 is 0.700 bits per heavy atom. The SMILES string of the molecule is CC1(C)CCC(C(C(=O)O)(C(C(=O)O)C(C(=O)O)C(C(=O)O)(C2CCC(C)(C)N(O)C2(C)C)C2CCC(C)(C)N(O)C2(C)C)C2CCC(C)(C)N(O)C2(C)C)C(C)(C)N1O. The summed E-state index contributed by atoms with van der Waals surface area (Å²) < 4.78 is 0. The number of nitrogens with zero attached hydrogens (tertiary/aromatic N) is 4. The Bertz CT molecular complexity index is 1500. The van der Waals surface area contributed by atoms with Crippen LogP contribution in [0.4, 0.5) is 0 Å². The van der Waals surface area contributed by atoms with Crippen LogP contribution in [0, 0.1) is 46.3 Å². The monoisotopic (exact) mass is 855 g/mol. The van der Waals surface area contributed by atoms with Gasteiger partial charge in [-0.25, -0.2) is 0 Å². The fraction of sp³-hybridized carbons (Fsp3) is 0.909. The molecule has 60 heavy (non-hydrogen) atoms. The van der Waals surface area contributed by atoms with Crippen molar-refractivity contribution in [2.45, 2.75) is 206 Å². The van der Waals surface area contributed by atoms with Gasteiger partial charge in [0.25, 0.3) is 0 Å². The van der Waals surface area contributed by atoms with Crippen molar-refractivity contribution in [3.8, 4) is 0 Å². The van der Waals surface area contributed by atoms with Gasteiger partial charge in [-0.1, -0.05) is 0 Å². The van der Waals surface area contributed by atoms with Gasteiger partial charge in [-0.05, 0) is 186 Å². The molecule has 4 rings (SSSR count). The topological polar surface area (TPSA) is 243 Å². The summed E-state index contributed by atoms with van der Waals surface area (Å²) in [7, 11) is 0. The van der Waals surface area contributed by atoms with Crippen LogP contribution in [0.5, 0.6) is 0 Å². The summed E-state index contributed by atoms with van der Waals surface area (Å²) in [5.74, 6) is -17.5. The van der Waals surface area contributed by atoms with E-state index in [0.29, 0.717) is 0 Å². The third kappa shape index (κ3) is 7.01. The van der Waals surface area contributed by atoms with E-state index in [1.54, 1.807) is 111 Å². The minimum atomic E-state index is -2.69. The number of hydrogen-bond acceptors (Lipinski definition) is 12. The van der Waals surface area contributed by atoms with Crippen molar-refractivity contribution in [3.63, 3.8) is 0 Å². The quantitative estimate of drug-likeness (QED) is 0.103. The van der Waals surface area contributed by atoms with Gasteiger partial charge in [0.15, 0.2) is 0 Å². The zero-order valence-electron chi connectivity index (χ0n) is 39.1. The summed E-state index contributed by atoms with van der Waals surface area (Å²) in [5, 5.41) is 101. The van der Waals surface area contributed by atoms with E-state index in [1.807, 2.05) is 0 Å². The minimum absolute atomic E-state index is 0.00199. The normalized spacial score (nSPS) is 34.3. The van der Waals surface area contributed by atoms with Crippen molar-refractivity contribution in [2.75, 3.05) is 0 Å². The summed E-state index contributed by atoms with van der Waals surface area (Å²) in [6, 6.07) is 0. The number of hydrogen-bond donors (Lipinski definition) is 8. The lowest BCUT2D eigenvalue weighted by Crippen LogP contribution is -2.77. The van der Waals surface area contributed by atoms with Crippen LogP contribution < -0.4 is 0 Å². The molecule has 4 heterocycles. The molecule has 6 atom stereocenters. The third-order valence-electron chi connectivity index (χ3n) is 17.0. The van der Waals surface area contributed by atoms with Gasteiger partial charge in [0.2, 0.25) is 0 Å². The van der Waals surface area contributed by atoms with Crippen LogP contribution >= 0.6 is 0 Å². The van der Waals surface area contributed by atoms with E-state index >= 15 is 9.59 Å². The van der Waals surface area contributed by atoms with Crippen molar-refractivity contribution in [2.24, 2.45) is 46.3 Å². The fourth-order valence-corrected chi connectivity index (χ4v) is 14.3. The molecule has 0 aromatic heterocycles. The number of piperidine rings is 4. The molecule has 0 aliphatic carbocycles. The third-order valence-corrected chi connectivity index (χ3v) is 17.0. The van der Waals surface area contributed by atoms with E-state index in [2.05, 4.69) is 0 Å². The highest BCUT2D eigenvalue weighted by molar-refractivity contribution is 5.93. The van der Waals surface area contributed by atoms with Gasteiger partial charge in [0, 0.05) is 44.3 Å². The van der Waals surface area contributed by atoms with Gasteiger partial charge < -0.3 is 41.3 Å². The first-order valence-corrected chi connectivity index (χ1v) is 21.6. The maximum atomic E-state index is 15.1. The first-order valence-electron chi connectivity index (χ1n) is 21.6. The Labute approximate surface area is 356 Å². The van der Waals surface area contributed by atoms with Crippen molar-refractivity contribution in [1.82, 2.24) is 20.3 Å². The lowest BCUT2D eigenvalue weighted by molar-refractivity contribution is -0.319. The predicted octanol–water partition coefficient (Wildman–Crippen LogP) is 7.16. The van der Waals surface area contributed by atoms with Crippen molar-refractivity contribution in [3.05, 3.63) is 0 Å². The standard InChI is InChI=1S/C44H78N4O12/c1-35(2)21-17-25(39(9,10)45(35)57)43(33(53)54,26-18-22-36(3,4)46(58)40(26,11)12)29(31(49)50)30(32(51)52)44(34(55)56,27-19-23-37(5,6)47(59)41(27,13)14)28-20-24-38(7,8)48(60)42(28,15)16/h25-30,57-60H,17-24H2,1-16H3,(H,49,50)(H,51,52)(H,53,54)(H,55,56). The molecule has 8 N–H and O–H groups in total. The van der Waals surface area contributed by atoms with Gasteiger partial charge >= 0.3 is 23.9 Å². The first-order chi connectivity index (χ1) is 26.7. The maximum Gasteiger partial charge on any atom is 0.311 e. The summed E-state index contributed by atoms with van der Waals surface area (Å²) in [6.07, 6.45) is 0.661.